The van der Waals surface area contributed by atoms with Crippen LogP contribution in [0.2, 0.25) is 0 Å². The van der Waals surface area contributed by atoms with E-state index in [1.165, 1.54) is 25.8 Å². The first kappa shape index (κ1) is 18.2. The summed E-state index contributed by atoms with van der Waals surface area (Å²) < 4.78 is 5.56. The van der Waals surface area contributed by atoms with Crippen LogP contribution >= 0.6 is 0 Å². The lowest BCUT2D eigenvalue weighted by Gasteiger charge is -2.21. The molecule has 1 rings (SSSR count). The minimum atomic E-state index is 0.617. The number of rotatable bonds is 10. The fourth-order valence-electron chi connectivity index (χ4n) is 2.65. The molecule has 0 radical (unpaired) electrons. The van der Waals surface area contributed by atoms with Gasteiger partial charge in [0.2, 0.25) is 0 Å². The number of nitrogens with zero attached hydrogens (tertiary/aromatic N) is 2. The molecule has 0 amide bonds. The summed E-state index contributed by atoms with van der Waals surface area (Å²) in [6.45, 7) is 13.1. The summed E-state index contributed by atoms with van der Waals surface area (Å²) in [7, 11) is 0. The maximum Gasteiger partial charge on any atom is 0.191 e. The van der Waals surface area contributed by atoms with Crippen molar-refractivity contribution >= 4 is 5.96 Å². The largest absolute Gasteiger partial charge is 0.380 e. The van der Waals surface area contributed by atoms with E-state index < -0.39 is 0 Å². The number of aliphatic imine (C=N–C) groups is 1. The quantitative estimate of drug-likeness (QED) is 0.367. The fourth-order valence-corrected chi connectivity index (χ4v) is 2.65. The van der Waals surface area contributed by atoms with Crippen LogP contribution in [0.1, 0.15) is 46.5 Å². The molecule has 1 unspecified atom stereocenters. The number of unbranched alkanes of at least 4 members (excludes halogenated alkanes) is 1. The summed E-state index contributed by atoms with van der Waals surface area (Å²) in [6, 6.07) is 0.617. The predicted octanol–water partition coefficient (Wildman–Crippen LogP) is 1.84. The number of hydrogen-bond acceptors (Lipinski definition) is 3. The van der Waals surface area contributed by atoms with Crippen LogP contribution in [0.5, 0.6) is 0 Å². The van der Waals surface area contributed by atoms with Gasteiger partial charge in [-0.2, -0.15) is 0 Å². The van der Waals surface area contributed by atoms with E-state index in [-0.39, 0.29) is 0 Å². The van der Waals surface area contributed by atoms with Gasteiger partial charge < -0.3 is 15.4 Å². The van der Waals surface area contributed by atoms with Crippen molar-refractivity contribution in [2.24, 2.45) is 4.99 Å². The molecule has 1 saturated heterocycles. The van der Waals surface area contributed by atoms with Gasteiger partial charge in [0.05, 0.1) is 13.2 Å². The van der Waals surface area contributed by atoms with Crippen LogP contribution < -0.4 is 10.6 Å². The molecule has 1 aliphatic rings. The van der Waals surface area contributed by atoms with E-state index in [1.54, 1.807) is 0 Å². The molecular formula is C16H34N4O. The molecule has 0 aromatic carbocycles. The van der Waals surface area contributed by atoms with E-state index in [1.807, 2.05) is 0 Å². The highest BCUT2D eigenvalue weighted by atomic mass is 16.5. The zero-order valence-corrected chi connectivity index (χ0v) is 14.2. The Bertz CT molecular complexity index is 283. The summed E-state index contributed by atoms with van der Waals surface area (Å²) in [5.41, 5.74) is 0. The van der Waals surface area contributed by atoms with Crippen LogP contribution in [0.15, 0.2) is 4.99 Å². The van der Waals surface area contributed by atoms with Gasteiger partial charge in [-0.1, -0.05) is 20.3 Å². The number of guanidine groups is 1. The van der Waals surface area contributed by atoms with E-state index in [0.717, 1.165) is 51.8 Å². The van der Waals surface area contributed by atoms with Gasteiger partial charge >= 0.3 is 0 Å². The molecule has 1 atom stereocenters. The Balaban J connectivity index is 2.25. The van der Waals surface area contributed by atoms with Crippen molar-refractivity contribution in [3.05, 3.63) is 0 Å². The van der Waals surface area contributed by atoms with E-state index in [4.69, 9.17) is 9.73 Å². The third-order valence-corrected chi connectivity index (χ3v) is 3.89. The molecule has 21 heavy (non-hydrogen) atoms. The smallest absolute Gasteiger partial charge is 0.191 e. The first-order valence-corrected chi connectivity index (χ1v) is 8.65. The molecule has 5 heteroatoms. The van der Waals surface area contributed by atoms with E-state index in [0.29, 0.717) is 6.04 Å². The van der Waals surface area contributed by atoms with Crippen LogP contribution in [-0.4, -0.2) is 62.8 Å². The molecule has 0 aromatic heterocycles. The van der Waals surface area contributed by atoms with Crippen LogP contribution in [0.4, 0.5) is 0 Å². The van der Waals surface area contributed by atoms with Crippen LogP contribution in [0.3, 0.4) is 0 Å². The number of ether oxygens (including phenoxy) is 1. The van der Waals surface area contributed by atoms with Gasteiger partial charge in [-0.05, 0) is 39.3 Å². The summed E-state index contributed by atoms with van der Waals surface area (Å²) in [5.74, 6) is 0.916. The number of nitrogens with one attached hydrogen (secondary N) is 2. The molecule has 0 bridgehead atoms. The Morgan fingerprint density at radius 1 is 1.24 bits per heavy atom. The van der Waals surface area contributed by atoms with Gasteiger partial charge in [-0.25, -0.2) is 0 Å². The first-order chi connectivity index (χ1) is 10.3. The molecule has 2 N–H and O–H groups in total. The highest BCUT2D eigenvalue weighted by molar-refractivity contribution is 5.79. The lowest BCUT2D eigenvalue weighted by molar-refractivity contribution is 0.136. The molecule has 124 valence electrons. The molecule has 5 nitrogen and oxygen atoms in total. The number of likely N-dealkylation sites (N-methyl/N-ethyl adjacent to an activating group) is 1. The minimum absolute atomic E-state index is 0.617. The Kier molecular flexibility index (Phi) is 10.3. The van der Waals surface area contributed by atoms with Crippen LogP contribution in [0, 0.1) is 0 Å². The van der Waals surface area contributed by atoms with Gasteiger partial charge in [-0.3, -0.25) is 9.89 Å². The van der Waals surface area contributed by atoms with Crippen molar-refractivity contribution in [2.45, 2.75) is 52.5 Å². The standard InChI is InChI=1S/C16H34N4O/c1-4-7-12-21-13-10-18-16(17-5-2)19-14-15-9-8-11-20(15)6-3/h15H,4-14H2,1-3H3,(H2,17,18,19). The van der Waals surface area contributed by atoms with Crippen LogP contribution in [0.25, 0.3) is 0 Å². The Hall–Kier alpha value is -0.810. The summed E-state index contributed by atoms with van der Waals surface area (Å²) in [4.78, 5) is 7.25. The molecule has 1 fully saturated rings. The molecule has 0 saturated carbocycles. The highest BCUT2D eigenvalue weighted by Crippen LogP contribution is 2.16. The molecule has 0 aliphatic carbocycles. The van der Waals surface area contributed by atoms with Crippen molar-refractivity contribution in [1.82, 2.24) is 15.5 Å². The zero-order chi connectivity index (χ0) is 15.3. The second kappa shape index (κ2) is 11.8. The van der Waals surface area contributed by atoms with Gasteiger partial charge in [0.25, 0.3) is 0 Å². The Morgan fingerprint density at radius 2 is 2.10 bits per heavy atom. The van der Waals surface area contributed by atoms with Crippen LogP contribution in [-0.2, 0) is 4.74 Å². The third-order valence-electron chi connectivity index (χ3n) is 3.89. The third kappa shape index (κ3) is 7.67. The molecule has 1 aliphatic heterocycles. The van der Waals surface area contributed by atoms with Gasteiger partial charge in [-0.15, -0.1) is 0 Å². The summed E-state index contributed by atoms with van der Waals surface area (Å²) >= 11 is 0. The SMILES string of the molecule is CCCCOCCNC(=NCC1CCCN1CC)NCC. The number of hydrogen-bond donors (Lipinski definition) is 2. The molecular weight excluding hydrogens is 264 g/mol. The monoisotopic (exact) mass is 298 g/mol. The normalized spacial score (nSPS) is 20.0. The topological polar surface area (TPSA) is 48.9 Å². The van der Waals surface area contributed by atoms with Gasteiger partial charge in [0.15, 0.2) is 5.96 Å². The second-order valence-electron chi connectivity index (χ2n) is 5.54. The minimum Gasteiger partial charge on any atom is -0.380 e. The van der Waals surface area contributed by atoms with Crippen molar-refractivity contribution in [3.63, 3.8) is 0 Å². The summed E-state index contributed by atoms with van der Waals surface area (Å²) in [6.07, 6.45) is 4.91. The lowest BCUT2D eigenvalue weighted by Crippen LogP contribution is -2.40. The first-order valence-electron chi connectivity index (χ1n) is 8.65. The molecule has 1 heterocycles. The van der Waals surface area contributed by atoms with Gasteiger partial charge in [0.1, 0.15) is 0 Å². The van der Waals surface area contributed by atoms with Crippen molar-refractivity contribution in [2.75, 3.05) is 45.9 Å². The average Bonchev–Trinajstić information content (AvgIpc) is 2.95. The molecule has 0 aromatic rings. The zero-order valence-electron chi connectivity index (χ0n) is 14.2. The van der Waals surface area contributed by atoms with E-state index in [2.05, 4.69) is 36.3 Å². The Labute approximate surface area is 130 Å². The maximum absolute atomic E-state index is 5.56. The summed E-state index contributed by atoms with van der Waals surface area (Å²) in [5, 5.41) is 6.66. The highest BCUT2D eigenvalue weighted by Gasteiger charge is 2.22. The fraction of sp³-hybridized carbons (Fsp3) is 0.938. The molecule has 0 spiro atoms. The van der Waals surface area contributed by atoms with Crippen molar-refractivity contribution in [1.29, 1.82) is 0 Å². The predicted molar refractivity (Wildman–Crippen MR) is 90.0 cm³/mol. The Morgan fingerprint density at radius 3 is 2.81 bits per heavy atom. The van der Waals surface area contributed by atoms with Crippen molar-refractivity contribution < 1.29 is 4.74 Å². The van der Waals surface area contributed by atoms with E-state index in [9.17, 15) is 0 Å². The lowest BCUT2D eigenvalue weighted by atomic mass is 10.2. The van der Waals surface area contributed by atoms with Crippen molar-refractivity contribution in [3.8, 4) is 0 Å². The van der Waals surface area contributed by atoms with E-state index >= 15 is 0 Å². The van der Waals surface area contributed by atoms with Gasteiger partial charge in [0, 0.05) is 25.7 Å². The number of likely N-dealkylation sites (tertiary alicyclic amines) is 1. The average molecular weight is 298 g/mol. The second-order valence-corrected chi connectivity index (χ2v) is 5.54. The maximum atomic E-state index is 5.56.